The van der Waals surface area contributed by atoms with Crippen LogP contribution >= 0.6 is 0 Å². The van der Waals surface area contributed by atoms with Gasteiger partial charge in [0.1, 0.15) is 12.4 Å². The number of rotatable bonds is 6. The highest BCUT2D eigenvalue weighted by molar-refractivity contribution is 5.82. The van der Waals surface area contributed by atoms with Crippen LogP contribution in [0.3, 0.4) is 0 Å². The van der Waals surface area contributed by atoms with Crippen molar-refractivity contribution >= 4 is 12.1 Å². The topological polar surface area (TPSA) is 84.9 Å². The molecule has 1 aliphatic carbocycles. The minimum absolute atomic E-state index is 0.0383. The fourth-order valence-corrected chi connectivity index (χ4v) is 3.94. The van der Waals surface area contributed by atoms with Gasteiger partial charge < -0.3 is 19.9 Å². The molecule has 9 heteroatoms. The summed E-state index contributed by atoms with van der Waals surface area (Å²) in [4.78, 5) is 24.1. The van der Waals surface area contributed by atoms with E-state index in [0.29, 0.717) is 0 Å². The van der Waals surface area contributed by atoms with Crippen LogP contribution in [0.25, 0.3) is 11.1 Å². The Balaban J connectivity index is 1.47. The van der Waals surface area contributed by atoms with Crippen molar-refractivity contribution in [2.45, 2.75) is 18.3 Å². The van der Waals surface area contributed by atoms with Crippen molar-refractivity contribution in [2.75, 3.05) is 6.61 Å². The summed E-state index contributed by atoms with van der Waals surface area (Å²) in [5, 5.41) is 11.7. The number of alkyl halides is 3. The van der Waals surface area contributed by atoms with Crippen LogP contribution < -0.4 is 10.1 Å². The first-order valence-electron chi connectivity index (χ1n) is 9.93. The number of halogens is 3. The third-order valence-electron chi connectivity index (χ3n) is 5.28. The largest absolute Gasteiger partial charge is 0.573 e. The van der Waals surface area contributed by atoms with Gasteiger partial charge in [-0.25, -0.2) is 9.59 Å². The van der Waals surface area contributed by atoms with Gasteiger partial charge in [0, 0.05) is 5.92 Å². The van der Waals surface area contributed by atoms with Gasteiger partial charge in [-0.05, 0) is 39.9 Å². The van der Waals surface area contributed by atoms with Crippen LogP contribution in [-0.4, -0.2) is 30.1 Å². The Morgan fingerprint density at radius 1 is 0.939 bits per heavy atom. The lowest BCUT2D eigenvalue weighted by Gasteiger charge is -2.18. The molecule has 4 rings (SSSR count). The van der Waals surface area contributed by atoms with Crippen LogP contribution in [-0.2, 0) is 9.53 Å². The van der Waals surface area contributed by atoms with Gasteiger partial charge in [-0.15, -0.1) is 13.2 Å². The van der Waals surface area contributed by atoms with E-state index in [0.717, 1.165) is 34.4 Å². The summed E-state index contributed by atoms with van der Waals surface area (Å²) in [6, 6.07) is 18.2. The third kappa shape index (κ3) is 4.92. The summed E-state index contributed by atoms with van der Waals surface area (Å²) in [6.45, 7) is -0.0383. The number of aliphatic carboxylic acids is 1. The number of carbonyl (C=O) groups excluding carboxylic acids is 1. The molecule has 0 unspecified atom stereocenters. The number of alkyl carbamates (subject to hydrolysis) is 1. The molecule has 0 radical (unpaired) electrons. The lowest BCUT2D eigenvalue weighted by atomic mass is 9.98. The molecule has 0 spiro atoms. The fourth-order valence-electron chi connectivity index (χ4n) is 3.94. The number of hydrogen-bond donors (Lipinski definition) is 2. The molecular weight excluding hydrogens is 439 g/mol. The minimum Gasteiger partial charge on any atom is -0.479 e. The van der Waals surface area contributed by atoms with E-state index in [1.165, 1.54) is 12.1 Å². The number of benzene rings is 3. The Kier molecular flexibility index (Phi) is 5.95. The van der Waals surface area contributed by atoms with E-state index in [1.807, 2.05) is 48.5 Å². The van der Waals surface area contributed by atoms with Crippen molar-refractivity contribution in [1.29, 1.82) is 0 Å². The van der Waals surface area contributed by atoms with Crippen LogP contribution in [0.2, 0.25) is 0 Å². The minimum atomic E-state index is -4.93. The average molecular weight is 457 g/mol. The van der Waals surface area contributed by atoms with Crippen molar-refractivity contribution in [3.05, 3.63) is 89.5 Å². The number of hydrogen-bond acceptors (Lipinski definition) is 4. The Morgan fingerprint density at radius 2 is 1.55 bits per heavy atom. The highest BCUT2D eigenvalue weighted by atomic mass is 19.4. The molecule has 170 valence electrons. The van der Waals surface area contributed by atoms with Gasteiger partial charge in [0.15, 0.2) is 6.04 Å². The Labute approximate surface area is 186 Å². The van der Waals surface area contributed by atoms with E-state index in [2.05, 4.69) is 10.1 Å². The highest BCUT2D eigenvalue weighted by Crippen LogP contribution is 2.44. The molecule has 2 N–H and O–H groups in total. The molecule has 0 bridgehead atoms. The number of carboxylic acids is 1. The second-order valence-electron chi connectivity index (χ2n) is 7.36. The van der Waals surface area contributed by atoms with Crippen molar-refractivity contribution < 1.29 is 37.3 Å². The standard InChI is InChI=1S/C24H18F3NO5/c25-24(26,27)33-15-7-5-6-14(12-15)21(22(29)30)28-23(31)32-13-20-18-10-3-1-8-16(18)17-9-2-4-11-19(17)20/h1-12,20-21H,13H2,(H,28,31)(H,29,30)/t21-/m1/s1. The summed E-state index contributed by atoms with van der Waals surface area (Å²) in [5.74, 6) is -2.29. The molecule has 0 aromatic heterocycles. The van der Waals surface area contributed by atoms with E-state index in [-0.39, 0.29) is 18.1 Å². The van der Waals surface area contributed by atoms with Crippen LogP contribution in [0.5, 0.6) is 5.75 Å². The first-order chi connectivity index (χ1) is 15.7. The molecule has 33 heavy (non-hydrogen) atoms. The summed E-state index contributed by atoms with van der Waals surface area (Å²) in [6.07, 6.45) is -5.94. The van der Waals surface area contributed by atoms with Crippen LogP contribution in [0, 0.1) is 0 Å². The zero-order valence-electron chi connectivity index (χ0n) is 17.0. The maximum atomic E-state index is 12.5. The molecule has 0 fully saturated rings. The van der Waals surface area contributed by atoms with Crippen molar-refractivity contribution in [3.63, 3.8) is 0 Å². The van der Waals surface area contributed by atoms with E-state index < -0.39 is 30.2 Å². The predicted molar refractivity (Wildman–Crippen MR) is 112 cm³/mol. The second kappa shape index (κ2) is 8.85. The molecule has 0 aliphatic heterocycles. The smallest absolute Gasteiger partial charge is 0.479 e. The number of nitrogens with one attached hydrogen (secondary N) is 1. The Morgan fingerprint density at radius 3 is 2.12 bits per heavy atom. The molecule has 0 saturated heterocycles. The second-order valence-corrected chi connectivity index (χ2v) is 7.36. The van der Waals surface area contributed by atoms with Gasteiger partial charge in [-0.2, -0.15) is 0 Å². The SMILES string of the molecule is O=C(N[C@@H](C(=O)O)c1cccc(OC(F)(F)F)c1)OCC1c2ccccc2-c2ccccc21. The van der Waals surface area contributed by atoms with Gasteiger partial charge in [0.25, 0.3) is 0 Å². The van der Waals surface area contributed by atoms with Gasteiger partial charge in [-0.1, -0.05) is 60.7 Å². The molecule has 6 nitrogen and oxygen atoms in total. The van der Waals surface area contributed by atoms with Crippen LogP contribution in [0.4, 0.5) is 18.0 Å². The van der Waals surface area contributed by atoms with Crippen LogP contribution in [0.15, 0.2) is 72.8 Å². The first kappa shape index (κ1) is 22.2. The molecule has 3 aromatic rings. The van der Waals surface area contributed by atoms with Gasteiger partial charge in [-0.3, -0.25) is 0 Å². The molecule has 1 amide bonds. The predicted octanol–water partition coefficient (Wildman–Crippen LogP) is 5.25. The lowest BCUT2D eigenvalue weighted by molar-refractivity contribution is -0.274. The van der Waals surface area contributed by atoms with Crippen molar-refractivity contribution in [2.24, 2.45) is 0 Å². The maximum absolute atomic E-state index is 12.5. The molecule has 1 aliphatic rings. The lowest BCUT2D eigenvalue weighted by Crippen LogP contribution is -2.35. The monoisotopic (exact) mass is 457 g/mol. The van der Waals surface area contributed by atoms with Gasteiger partial charge in [0.2, 0.25) is 0 Å². The maximum Gasteiger partial charge on any atom is 0.573 e. The Hall–Kier alpha value is -4.01. The summed E-state index contributed by atoms with van der Waals surface area (Å²) in [7, 11) is 0. The molecule has 0 heterocycles. The summed E-state index contributed by atoms with van der Waals surface area (Å²) >= 11 is 0. The van der Waals surface area contributed by atoms with Crippen LogP contribution in [0.1, 0.15) is 28.7 Å². The number of ether oxygens (including phenoxy) is 2. The van der Waals surface area contributed by atoms with Crippen molar-refractivity contribution in [1.82, 2.24) is 5.32 Å². The van der Waals surface area contributed by atoms with Crippen molar-refractivity contribution in [3.8, 4) is 16.9 Å². The average Bonchev–Trinajstić information content (AvgIpc) is 3.09. The fraction of sp³-hybridized carbons (Fsp3) is 0.167. The summed E-state index contributed by atoms with van der Waals surface area (Å²) < 4.78 is 46.6. The van der Waals surface area contributed by atoms with E-state index in [1.54, 1.807) is 0 Å². The van der Waals surface area contributed by atoms with E-state index in [4.69, 9.17) is 4.74 Å². The third-order valence-corrected chi connectivity index (χ3v) is 5.28. The first-order valence-corrected chi connectivity index (χ1v) is 9.93. The number of fused-ring (bicyclic) bond motifs is 3. The van der Waals surface area contributed by atoms with E-state index in [9.17, 15) is 27.9 Å². The zero-order valence-corrected chi connectivity index (χ0v) is 17.0. The molecular formula is C24H18F3NO5. The highest BCUT2D eigenvalue weighted by Gasteiger charge is 2.32. The molecule has 1 atom stereocenters. The molecule has 3 aromatic carbocycles. The number of amides is 1. The van der Waals surface area contributed by atoms with Gasteiger partial charge in [0.05, 0.1) is 0 Å². The zero-order chi connectivity index (χ0) is 23.6. The molecule has 0 saturated carbocycles. The summed E-state index contributed by atoms with van der Waals surface area (Å²) in [5.41, 5.74) is 3.94. The van der Waals surface area contributed by atoms with E-state index >= 15 is 0 Å². The van der Waals surface area contributed by atoms with Gasteiger partial charge >= 0.3 is 18.4 Å². The normalized spacial score (nSPS) is 13.5. The quantitative estimate of drug-likeness (QED) is 0.528. The number of carboxylic acid groups (broad SMARTS) is 1. The number of carbonyl (C=O) groups is 2. The Bertz CT molecular complexity index is 1150.